The van der Waals surface area contributed by atoms with Gasteiger partial charge in [-0.25, -0.2) is 25.3 Å². The molecule has 0 bridgehead atoms. The number of hydrogen-bond acceptors (Lipinski definition) is 6. The Labute approximate surface area is 521 Å². The van der Waals surface area contributed by atoms with Gasteiger partial charge in [-0.2, -0.15) is 0 Å². The average Bonchev–Trinajstić information content (AvgIpc) is 3.71. The first kappa shape index (κ1) is 62.9. The number of sulfone groups is 3. The second kappa shape index (κ2) is 29.7. The topological polar surface area (TPSA) is 102 Å². The molecule has 0 spiro atoms. The highest BCUT2D eigenvalue weighted by molar-refractivity contribution is 7.98. The average molecular weight is 1260 g/mol. The summed E-state index contributed by atoms with van der Waals surface area (Å²) in [6.45, 7) is 4.43. The standard InChI is InChI=1S/2C25H27O2S2.C24H25O2S2/c2*1-20-12-16-24(17-13-20)29(26,27)25-18-14-23(15-19-25)28(21-8-4-2-5-9-21)22-10-6-3-7-11-22;25-28(26,23-14-8-3-9-15-23)24-18-16-22(17-19-24)27(20-10-4-1-5-11-20)21-12-6-2-7-13-21/h2*2-11,14-15,18-20,24H,12-13,16-17H2,1H3;1-2,4-7,10-13,16-19,23H,3,8-9,14-15H2/q3*+1. The number of benzene rings is 9. The molecule has 12 heteroatoms. The summed E-state index contributed by atoms with van der Waals surface area (Å²) in [5.74, 6) is 1.28. The Hall–Kier alpha value is -6.12. The Bertz CT molecular complexity index is 3560. The van der Waals surface area contributed by atoms with E-state index in [2.05, 4.69) is 159 Å². The molecule has 0 heterocycles. The minimum atomic E-state index is -3.25. The summed E-state index contributed by atoms with van der Waals surface area (Å²) >= 11 is 0. The monoisotopic (exact) mass is 1260 g/mol. The molecule has 0 saturated heterocycles. The van der Waals surface area contributed by atoms with E-state index in [1.807, 2.05) is 109 Å². The van der Waals surface area contributed by atoms with Crippen LogP contribution in [0.15, 0.2) is 314 Å². The van der Waals surface area contributed by atoms with E-state index < -0.39 is 29.5 Å². The van der Waals surface area contributed by atoms with E-state index in [0.29, 0.717) is 26.5 Å². The zero-order valence-corrected chi connectivity index (χ0v) is 54.1. The number of rotatable bonds is 15. The smallest absolute Gasteiger partial charge is 0.181 e. The SMILES string of the molecule is CC1CCC(S(=O)(=O)c2ccc([S+](c3ccccc3)c3ccccc3)cc2)CC1.CC1CCC(S(=O)(=O)c2ccc([S+](c3ccccc3)c3ccccc3)cc2)CC1.O=S(=O)(c1ccc([S+](c2ccccc2)c2ccccc2)cc1)C1CCCCC1. The quantitative estimate of drug-likeness (QED) is 0.0948. The van der Waals surface area contributed by atoms with Crippen LogP contribution >= 0.6 is 0 Å². The van der Waals surface area contributed by atoms with Gasteiger partial charge in [-0.1, -0.05) is 142 Å². The molecule has 0 unspecified atom stereocenters. The molecule has 0 atom stereocenters. The maximum absolute atomic E-state index is 13.1. The van der Waals surface area contributed by atoms with Crippen LogP contribution in [0.5, 0.6) is 0 Å². The van der Waals surface area contributed by atoms with E-state index in [9.17, 15) is 25.3 Å². The lowest BCUT2D eigenvalue weighted by Crippen LogP contribution is -2.26. The highest BCUT2D eigenvalue weighted by Crippen LogP contribution is 2.38. The molecule has 86 heavy (non-hydrogen) atoms. The van der Waals surface area contributed by atoms with Crippen molar-refractivity contribution in [2.75, 3.05) is 0 Å². The van der Waals surface area contributed by atoms with Crippen molar-refractivity contribution >= 4 is 62.2 Å². The molecule has 3 aliphatic carbocycles. The van der Waals surface area contributed by atoms with Gasteiger partial charge in [0, 0.05) is 0 Å². The zero-order valence-electron chi connectivity index (χ0n) is 49.2. The molecule has 9 aromatic rings. The first-order chi connectivity index (χ1) is 41.8. The third kappa shape index (κ3) is 15.6. The lowest BCUT2D eigenvalue weighted by molar-refractivity contribution is 0.382. The summed E-state index contributed by atoms with van der Waals surface area (Å²) in [7, 11) is -10.5. The Kier molecular flexibility index (Phi) is 21.7. The van der Waals surface area contributed by atoms with Gasteiger partial charge in [0.15, 0.2) is 73.6 Å². The van der Waals surface area contributed by atoms with Crippen LogP contribution in [-0.2, 0) is 62.2 Å². The van der Waals surface area contributed by atoms with Crippen molar-refractivity contribution in [2.45, 2.75) is 172 Å². The van der Waals surface area contributed by atoms with Gasteiger partial charge in [0.25, 0.3) is 0 Å². The Morgan fingerprint density at radius 1 is 0.233 bits per heavy atom. The van der Waals surface area contributed by atoms with Crippen LogP contribution < -0.4 is 0 Å². The van der Waals surface area contributed by atoms with Crippen molar-refractivity contribution in [2.24, 2.45) is 11.8 Å². The van der Waals surface area contributed by atoms with Gasteiger partial charge < -0.3 is 0 Å². The van der Waals surface area contributed by atoms with Crippen LogP contribution in [0.4, 0.5) is 0 Å². The predicted octanol–water partition coefficient (Wildman–Crippen LogP) is 18.2. The molecule has 12 rings (SSSR count). The summed E-state index contributed by atoms with van der Waals surface area (Å²) in [4.78, 5) is 12.2. The van der Waals surface area contributed by atoms with Crippen LogP contribution in [0.25, 0.3) is 0 Å². The van der Waals surface area contributed by atoms with E-state index in [4.69, 9.17) is 0 Å². The van der Waals surface area contributed by atoms with E-state index in [0.717, 1.165) is 98.2 Å². The lowest BCUT2D eigenvalue weighted by atomic mass is 9.91. The highest BCUT2D eigenvalue weighted by Gasteiger charge is 2.36. The molecule has 3 saturated carbocycles. The highest BCUT2D eigenvalue weighted by atomic mass is 32.2. The second-order valence-corrected chi connectivity index (χ2v) is 35.6. The fourth-order valence-corrected chi connectivity index (χ4v) is 23.6. The molecular formula is C74H79O6S6+3. The van der Waals surface area contributed by atoms with Gasteiger partial charge in [-0.3, -0.25) is 0 Å². The molecule has 9 aromatic carbocycles. The largest absolute Gasteiger partial charge is 0.223 e. The second-order valence-electron chi connectivity index (χ2n) is 22.9. The molecule has 0 amide bonds. The molecule has 0 aliphatic heterocycles. The Morgan fingerprint density at radius 2 is 0.419 bits per heavy atom. The molecule has 0 N–H and O–H groups in total. The van der Waals surface area contributed by atoms with Gasteiger partial charge in [0.2, 0.25) is 0 Å². The summed E-state index contributed by atoms with van der Waals surface area (Å²) in [5.41, 5.74) is 0. The third-order valence-electron chi connectivity index (χ3n) is 16.8. The van der Waals surface area contributed by atoms with Crippen molar-refractivity contribution in [1.82, 2.24) is 0 Å². The van der Waals surface area contributed by atoms with E-state index in [-0.39, 0.29) is 48.4 Å². The van der Waals surface area contributed by atoms with Crippen LogP contribution in [-0.4, -0.2) is 41.0 Å². The first-order valence-electron chi connectivity index (χ1n) is 30.3. The van der Waals surface area contributed by atoms with Gasteiger partial charge in [0.1, 0.15) is 0 Å². The van der Waals surface area contributed by atoms with E-state index >= 15 is 0 Å². The summed E-state index contributed by atoms with van der Waals surface area (Å²) < 4.78 is 78.5. The summed E-state index contributed by atoms with van der Waals surface area (Å²) in [6, 6.07) is 85.4. The van der Waals surface area contributed by atoms with Crippen molar-refractivity contribution in [3.8, 4) is 0 Å². The predicted molar refractivity (Wildman–Crippen MR) is 356 cm³/mol. The fraction of sp³-hybridized carbons (Fsp3) is 0.270. The van der Waals surface area contributed by atoms with E-state index in [1.54, 1.807) is 0 Å². The van der Waals surface area contributed by atoms with Gasteiger partial charge in [0.05, 0.1) is 63.1 Å². The van der Waals surface area contributed by atoms with Crippen molar-refractivity contribution < 1.29 is 25.3 Å². The normalized spacial score (nSPS) is 18.5. The fourth-order valence-electron chi connectivity index (χ4n) is 11.9. The first-order valence-corrected chi connectivity index (χ1v) is 38.6. The number of hydrogen-bond donors (Lipinski definition) is 0. The summed E-state index contributed by atoms with van der Waals surface area (Å²) in [6.07, 6.45) is 11.9. The maximum atomic E-state index is 13.1. The van der Waals surface area contributed by atoms with Gasteiger partial charge in [-0.05, 0) is 222 Å². The minimum Gasteiger partial charge on any atom is -0.223 e. The lowest BCUT2D eigenvalue weighted by Gasteiger charge is -2.26. The van der Waals surface area contributed by atoms with Gasteiger partial charge in [-0.15, -0.1) is 0 Å². The van der Waals surface area contributed by atoms with Crippen LogP contribution in [0, 0.1) is 11.8 Å². The minimum absolute atomic E-state index is 0.214. The van der Waals surface area contributed by atoms with Crippen molar-refractivity contribution in [3.63, 3.8) is 0 Å². The van der Waals surface area contributed by atoms with Crippen molar-refractivity contribution in [3.05, 3.63) is 255 Å². The Balaban J connectivity index is 0.000000143. The van der Waals surface area contributed by atoms with Crippen LogP contribution in [0.1, 0.15) is 97.3 Å². The molecule has 444 valence electrons. The Morgan fingerprint density at radius 3 is 0.628 bits per heavy atom. The molecule has 6 nitrogen and oxygen atoms in total. The summed E-state index contributed by atoms with van der Waals surface area (Å²) in [5, 5.41) is -0.675. The molecule has 3 aliphatic rings. The molecular weight excluding hydrogens is 1180 g/mol. The van der Waals surface area contributed by atoms with Crippen molar-refractivity contribution in [1.29, 1.82) is 0 Å². The molecule has 3 fully saturated rings. The zero-order chi connectivity index (χ0) is 59.9. The maximum Gasteiger partial charge on any atom is 0.181 e. The van der Waals surface area contributed by atoms with Crippen LogP contribution in [0.2, 0.25) is 0 Å². The van der Waals surface area contributed by atoms with Crippen LogP contribution in [0.3, 0.4) is 0 Å². The van der Waals surface area contributed by atoms with Gasteiger partial charge >= 0.3 is 0 Å². The van der Waals surface area contributed by atoms with E-state index in [1.165, 1.54) is 29.4 Å². The molecule has 0 radical (unpaired) electrons. The third-order valence-corrected chi connectivity index (χ3v) is 30.4. The molecule has 0 aromatic heterocycles.